The normalized spacial score (nSPS) is 18.2. The van der Waals surface area contributed by atoms with E-state index in [0.717, 1.165) is 18.4 Å². The van der Waals surface area contributed by atoms with Crippen LogP contribution in [0.1, 0.15) is 83.3 Å². The summed E-state index contributed by atoms with van der Waals surface area (Å²) in [5.41, 5.74) is 6.53. The third-order valence-electron chi connectivity index (χ3n) is 5.39. The number of ether oxygens (including phenoxy) is 3. The Labute approximate surface area is 174 Å². The van der Waals surface area contributed by atoms with Crippen LogP contribution in [0.4, 0.5) is 8.78 Å². The maximum absolute atomic E-state index is 13.5. The number of alkyl halides is 2. The van der Waals surface area contributed by atoms with Crippen LogP contribution in [0.5, 0.6) is 5.75 Å². The van der Waals surface area contributed by atoms with Crippen LogP contribution in [-0.2, 0) is 15.9 Å². The molecule has 1 fully saturated rings. The second kappa shape index (κ2) is 11.2. The molecule has 2 N–H and O–H groups in total. The summed E-state index contributed by atoms with van der Waals surface area (Å²) in [6, 6.07) is 5.05. The Balaban J connectivity index is 1.85. The van der Waals surface area contributed by atoms with Crippen molar-refractivity contribution in [2.45, 2.75) is 89.9 Å². The van der Waals surface area contributed by atoms with Gasteiger partial charge in [-0.3, -0.25) is 0 Å². The van der Waals surface area contributed by atoms with E-state index >= 15 is 0 Å². The van der Waals surface area contributed by atoms with E-state index in [-0.39, 0.29) is 11.3 Å². The Morgan fingerprint density at radius 3 is 2.38 bits per heavy atom. The summed E-state index contributed by atoms with van der Waals surface area (Å²) in [6.45, 7) is 7.14. The zero-order chi connectivity index (χ0) is 21.3. The van der Waals surface area contributed by atoms with Crippen molar-refractivity contribution in [2.75, 3.05) is 19.8 Å². The average molecular weight is 414 g/mol. The standard InChI is InChI=1S/C23H37F2NO3/c1-4-5-6-7-8-9-14-27-20-11-10-18(15-19(20)21(24)25)12-13-23(26)16-28-22(2,3)29-17-23/h10-11,15,21H,4-9,12-14,16-17,26H2,1-3H3. The lowest BCUT2D eigenvalue weighted by Crippen LogP contribution is -2.57. The number of nitrogens with two attached hydrogens (primary N) is 1. The van der Waals surface area contributed by atoms with Crippen LogP contribution in [0.2, 0.25) is 0 Å². The van der Waals surface area contributed by atoms with Crippen molar-refractivity contribution in [3.63, 3.8) is 0 Å². The highest BCUT2D eigenvalue weighted by Gasteiger charge is 2.36. The molecule has 1 aromatic rings. The fourth-order valence-electron chi connectivity index (χ4n) is 3.38. The number of hydrogen-bond donors (Lipinski definition) is 1. The summed E-state index contributed by atoms with van der Waals surface area (Å²) in [6.07, 6.45) is 5.44. The van der Waals surface area contributed by atoms with Crippen molar-refractivity contribution >= 4 is 0 Å². The zero-order valence-corrected chi connectivity index (χ0v) is 18.1. The Kier molecular flexibility index (Phi) is 9.31. The monoisotopic (exact) mass is 413 g/mol. The molecule has 1 aromatic carbocycles. The molecule has 0 aromatic heterocycles. The van der Waals surface area contributed by atoms with E-state index in [1.807, 2.05) is 19.9 Å². The Hall–Kier alpha value is -1.24. The Bertz CT molecular complexity index is 612. The van der Waals surface area contributed by atoms with E-state index in [1.165, 1.54) is 25.7 Å². The molecule has 2 rings (SSSR count). The van der Waals surface area contributed by atoms with Crippen LogP contribution >= 0.6 is 0 Å². The highest BCUT2D eigenvalue weighted by atomic mass is 19.3. The molecule has 0 radical (unpaired) electrons. The number of halogens is 2. The molecule has 0 aliphatic carbocycles. The van der Waals surface area contributed by atoms with Crippen LogP contribution < -0.4 is 10.5 Å². The molecule has 1 heterocycles. The summed E-state index contributed by atoms with van der Waals surface area (Å²) in [5, 5.41) is 0. The smallest absolute Gasteiger partial charge is 0.267 e. The van der Waals surface area contributed by atoms with Gasteiger partial charge in [0.25, 0.3) is 6.43 Å². The molecule has 1 aliphatic heterocycles. The first-order valence-electron chi connectivity index (χ1n) is 10.9. The minimum absolute atomic E-state index is 0.0446. The maximum atomic E-state index is 13.5. The Morgan fingerprint density at radius 1 is 1.07 bits per heavy atom. The predicted octanol–water partition coefficient (Wildman–Crippen LogP) is 5.78. The SMILES string of the molecule is CCCCCCCCOc1ccc(CCC2(N)COC(C)(C)OC2)cc1C(F)F. The lowest BCUT2D eigenvalue weighted by molar-refractivity contribution is -0.267. The molecule has 0 amide bonds. The van der Waals surface area contributed by atoms with Gasteiger partial charge in [0.1, 0.15) is 5.75 Å². The van der Waals surface area contributed by atoms with E-state index in [9.17, 15) is 8.78 Å². The summed E-state index contributed by atoms with van der Waals surface area (Å²) < 4.78 is 44.0. The van der Waals surface area contributed by atoms with Gasteiger partial charge in [-0.25, -0.2) is 8.78 Å². The van der Waals surface area contributed by atoms with Crippen molar-refractivity contribution < 1.29 is 23.0 Å². The maximum Gasteiger partial charge on any atom is 0.267 e. The Morgan fingerprint density at radius 2 is 1.72 bits per heavy atom. The van der Waals surface area contributed by atoms with Gasteiger partial charge < -0.3 is 19.9 Å². The van der Waals surface area contributed by atoms with Crippen molar-refractivity contribution in [1.82, 2.24) is 0 Å². The number of unbranched alkanes of at least 4 members (excludes halogenated alkanes) is 5. The van der Waals surface area contributed by atoms with Crippen LogP contribution in [-0.4, -0.2) is 31.1 Å². The van der Waals surface area contributed by atoms with E-state index in [1.54, 1.807) is 12.1 Å². The minimum atomic E-state index is -2.57. The first kappa shape index (κ1) is 24.0. The highest BCUT2D eigenvalue weighted by molar-refractivity contribution is 5.38. The van der Waals surface area contributed by atoms with E-state index < -0.39 is 17.8 Å². The average Bonchev–Trinajstić information content (AvgIpc) is 2.69. The van der Waals surface area contributed by atoms with E-state index in [2.05, 4.69) is 6.92 Å². The topological polar surface area (TPSA) is 53.7 Å². The minimum Gasteiger partial charge on any atom is -0.493 e. The van der Waals surface area contributed by atoms with Gasteiger partial charge in [-0.15, -0.1) is 0 Å². The molecule has 29 heavy (non-hydrogen) atoms. The van der Waals surface area contributed by atoms with Gasteiger partial charge in [0.15, 0.2) is 5.79 Å². The molecular formula is C23H37F2NO3. The van der Waals surface area contributed by atoms with Gasteiger partial charge in [-0.1, -0.05) is 45.1 Å². The zero-order valence-electron chi connectivity index (χ0n) is 18.1. The highest BCUT2D eigenvalue weighted by Crippen LogP contribution is 2.32. The van der Waals surface area contributed by atoms with Crippen molar-refractivity contribution in [2.24, 2.45) is 5.73 Å². The molecule has 1 saturated heterocycles. The molecular weight excluding hydrogens is 376 g/mol. The number of benzene rings is 1. The summed E-state index contributed by atoms with van der Waals surface area (Å²) in [7, 11) is 0. The van der Waals surface area contributed by atoms with Gasteiger partial charge in [0.2, 0.25) is 0 Å². The van der Waals surface area contributed by atoms with Crippen molar-refractivity contribution in [3.8, 4) is 5.75 Å². The van der Waals surface area contributed by atoms with Gasteiger partial charge in [-0.2, -0.15) is 0 Å². The quantitative estimate of drug-likeness (QED) is 0.442. The fourth-order valence-corrected chi connectivity index (χ4v) is 3.38. The molecule has 0 spiro atoms. The predicted molar refractivity (Wildman–Crippen MR) is 111 cm³/mol. The number of rotatable bonds is 12. The summed E-state index contributed by atoms with van der Waals surface area (Å²) in [4.78, 5) is 0. The van der Waals surface area contributed by atoms with Crippen LogP contribution in [0.15, 0.2) is 18.2 Å². The van der Waals surface area contributed by atoms with E-state index in [4.69, 9.17) is 19.9 Å². The van der Waals surface area contributed by atoms with Gasteiger partial charge in [-0.05, 0) is 50.8 Å². The molecule has 0 saturated carbocycles. The second-order valence-electron chi connectivity index (χ2n) is 8.63. The molecule has 1 aliphatic rings. The first-order chi connectivity index (χ1) is 13.7. The van der Waals surface area contributed by atoms with Crippen molar-refractivity contribution in [1.29, 1.82) is 0 Å². The third-order valence-corrected chi connectivity index (χ3v) is 5.39. The number of aryl methyl sites for hydroxylation is 1. The lowest BCUT2D eigenvalue weighted by atomic mass is 9.92. The van der Waals surface area contributed by atoms with Gasteiger partial charge in [0.05, 0.1) is 30.9 Å². The van der Waals surface area contributed by atoms with Gasteiger partial charge in [0, 0.05) is 0 Å². The van der Waals surface area contributed by atoms with E-state index in [0.29, 0.717) is 32.7 Å². The van der Waals surface area contributed by atoms with Crippen LogP contribution in [0, 0.1) is 0 Å². The molecule has 0 atom stereocenters. The summed E-state index contributed by atoms with van der Waals surface area (Å²) >= 11 is 0. The third kappa shape index (κ3) is 8.19. The van der Waals surface area contributed by atoms with Crippen LogP contribution in [0.3, 0.4) is 0 Å². The van der Waals surface area contributed by atoms with Gasteiger partial charge >= 0.3 is 0 Å². The van der Waals surface area contributed by atoms with Crippen molar-refractivity contribution in [3.05, 3.63) is 29.3 Å². The molecule has 4 nitrogen and oxygen atoms in total. The lowest BCUT2D eigenvalue weighted by Gasteiger charge is -2.41. The molecule has 166 valence electrons. The molecule has 6 heteroatoms. The molecule has 0 unspecified atom stereocenters. The summed E-state index contributed by atoms with van der Waals surface area (Å²) in [5.74, 6) is -0.341. The largest absolute Gasteiger partial charge is 0.493 e. The fraction of sp³-hybridized carbons (Fsp3) is 0.739. The van der Waals surface area contributed by atoms with Crippen LogP contribution in [0.25, 0.3) is 0 Å². The second-order valence-corrected chi connectivity index (χ2v) is 8.63. The first-order valence-corrected chi connectivity index (χ1v) is 10.9. The molecule has 0 bridgehead atoms. The number of hydrogen-bond acceptors (Lipinski definition) is 4.